The summed E-state index contributed by atoms with van der Waals surface area (Å²) in [6, 6.07) is 8.93. The van der Waals surface area contributed by atoms with Crippen molar-refractivity contribution < 1.29 is 23.7 Å². The molecule has 0 radical (unpaired) electrons. The maximum Gasteiger partial charge on any atom is 0.341 e. The number of benzene rings is 1. The molecular weight excluding hydrogens is 298 g/mol. The second-order valence-electron chi connectivity index (χ2n) is 4.90. The van der Waals surface area contributed by atoms with E-state index in [1.807, 2.05) is 12.1 Å². The van der Waals surface area contributed by atoms with Gasteiger partial charge in [0.25, 0.3) is 0 Å². The molecule has 6 heteroatoms. The number of nitriles is 1. The van der Waals surface area contributed by atoms with E-state index in [1.54, 1.807) is 18.2 Å². The Morgan fingerprint density at radius 2 is 2.26 bits per heavy atom. The zero-order chi connectivity index (χ0) is 16.5. The van der Waals surface area contributed by atoms with Gasteiger partial charge in [0, 0.05) is 12.0 Å². The number of esters is 1. The first-order valence-electron chi connectivity index (χ1n) is 7.41. The molecule has 1 aromatic rings. The fraction of sp³-hybridized carbons (Fsp3) is 0.412. The maximum atomic E-state index is 12.0. The van der Waals surface area contributed by atoms with Crippen molar-refractivity contribution in [2.24, 2.45) is 0 Å². The summed E-state index contributed by atoms with van der Waals surface area (Å²) in [5.74, 6) is -0.0554. The van der Waals surface area contributed by atoms with Gasteiger partial charge in [0.2, 0.25) is 0 Å². The molecule has 0 saturated carbocycles. The van der Waals surface area contributed by atoms with Crippen LogP contribution in [0.15, 0.2) is 30.5 Å². The molecule has 0 amide bonds. The normalized spacial score (nSPS) is 17.9. The lowest BCUT2D eigenvalue weighted by molar-refractivity contribution is -0.133. The molecule has 0 spiro atoms. The molecule has 0 aliphatic carbocycles. The second kappa shape index (κ2) is 8.81. The Morgan fingerprint density at radius 3 is 2.96 bits per heavy atom. The molecule has 1 unspecified atom stereocenters. The highest BCUT2D eigenvalue weighted by Gasteiger charge is 2.21. The number of carbonyl (C=O) groups excluding carboxylic acids is 1. The van der Waals surface area contributed by atoms with E-state index in [-0.39, 0.29) is 18.5 Å². The summed E-state index contributed by atoms with van der Waals surface area (Å²) in [6.07, 6.45) is 3.76. The van der Waals surface area contributed by atoms with Gasteiger partial charge >= 0.3 is 5.97 Å². The molecular formula is C17H19NO5. The number of carbonyl (C=O) groups is 1. The van der Waals surface area contributed by atoms with Crippen molar-refractivity contribution in [1.29, 1.82) is 5.26 Å². The molecule has 23 heavy (non-hydrogen) atoms. The summed E-state index contributed by atoms with van der Waals surface area (Å²) in [6.45, 7) is 0.507. The Hall–Kier alpha value is -2.52. The Kier molecular flexibility index (Phi) is 6.45. The van der Waals surface area contributed by atoms with E-state index in [1.165, 1.54) is 13.4 Å². The number of hydrogen-bond donors (Lipinski definition) is 0. The molecule has 2 rings (SSSR count). The van der Waals surface area contributed by atoms with Gasteiger partial charge in [0.1, 0.15) is 17.4 Å². The van der Waals surface area contributed by atoms with Gasteiger partial charge in [-0.3, -0.25) is 0 Å². The van der Waals surface area contributed by atoms with Crippen molar-refractivity contribution in [1.82, 2.24) is 0 Å². The van der Waals surface area contributed by atoms with E-state index >= 15 is 0 Å². The van der Waals surface area contributed by atoms with Gasteiger partial charge in [-0.2, -0.15) is 5.26 Å². The van der Waals surface area contributed by atoms with Crippen LogP contribution >= 0.6 is 0 Å². The van der Waals surface area contributed by atoms with Crippen LogP contribution in [0.25, 0.3) is 5.57 Å². The minimum atomic E-state index is -0.566. The Labute approximate surface area is 135 Å². The van der Waals surface area contributed by atoms with E-state index in [0.717, 1.165) is 19.3 Å². The molecule has 1 aliphatic heterocycles. The Bertz CT molecular complexity index is 599. The van der Waals surface area contributed by atoms with Crippen molar-refractivity contribution in [3.05, 3.63) is 36.1 Å². The van der Waals surface area contributed by atoms with Gasteiger partial charge in [0.15, 0.2) is 12.9 Å². The predicted octanol–water partition coefficient (Wildman–Crippen LogP) is 2.65. The summed E-state index contributed by atoms with van der Waals surface area (Å²) in [5, 5.41) is 8.55. The first kappa shape index (κ1) is 16.8. The third-order valence-corrected chi connectivity index (χ3v) is 3.33. The van der Waals surface area contributed by atoms with Crippen LogP contribution in [0, 0.1) is 11.3 Å². The van der Waals surface area contributed by atoms with Gasteiger partial charge in [-0.05, 0) is 18.9 Å². The predicted molar refractivity (Wildman–Crippen MR) is 82.2 cm³/mol. The summed E-state index contributed by atoms with van der Waals surface area (Å²) in [4.78, 5) is 12.0. The zero-order valence-electron chi connectivity index (χ0n) is 13.0. The van der Waals surface area contributed by atoms with Crippen LogP contribution in [-0.2, 0) is 19.0 Å². The highest BCUT2D eigenvalue weighted by Crippen LogP contribution is 2.29. The minimum absolute atomic E-state index is 0.157. The number of nitrogens with zero attached hydrogens (tertiary/aromatic N) is 1. The molecule has 1 aromatic carbocycles. The first-order chi connectivity index (χ1) is 11.3. The molecule has 0 bridgehead atoms. The second-order valence-corrected chi connectivity index (χ2v) is 4.90. The fourth-order valence-electron chi connectivity index (χ4n) is 2.23. The van der Waals surface area contributed by atoms with Crippen LogP contribution in [-0.4, -0.2) is 32.6 Å². The zero-order valence-corrected chi connectivity index (χ0v) is 13.0. The van der Waals surface area contributed by atoms with Gasteiger partial charge in [-0.25, -0.2) is 4.79 Å². The molecule has 1 fully saturated rings. The summed E-state index contributed by atoms with van der Waals surface area (Å²) in [7, 11) is 1.29. The largest absolute Gasteiger partial charge is 0.485 e. The summed E-state index contributed by atoms with van der Waals surface area (Å²) in [5.41, 5.74) is 0.723. The van der Waals surface area contributed by atoms with Crippen LogP contribution in [0.5, 0.6) is 5.75 Å². The third-order valence-electron chi connectivity index (χ3n) is 3.33. The number of para-hydroxylation sites is 1. The highest BCUT2D eigenvalue weighted by atomic mass is 16.7. The Morgan fingerprint density at radius 1 is 1.43 bits per heavy atom. The van der Waals surface area contributed by atoms with Crippen LogP contribution in [0.1, 0.15) is 24.8 Å². The van der Waals surface area contributed by atoms with E-state index in [9.17, 15) is 4.79 Å². The van der Waals surface area contributed by atoms with Crippen molar-refractivity contribution >= 4 is 11.5 Å². The topological polar surface area (TPSA) is 77.8 Å². The van der Waals surface area contributed by atoms with Crippen molar-refractivity contribution in [2.45, 2.75) is 25.6 Å². The molecule has 6 nitrogen and oxygen atoms in total. The lowest BCUT2D eigenvalue weighted by Gasteiger charge is -2.24. The van der Waals surface area contributed by atoms with Gasteiger partial charge in [0.05, 0.1) is 20.0 Å². The molecule has 122 valence electrons. The lowest BCUT2D eigenvalue weighted by Crippen LogP contribution is -2.25. The number of hydrogen-bond acceptors (Lipinski definition) is 6. The van der Waals surface area contributed by atoms with Gasteiger partial charge in [-0.15, -0.1) is 0 Å². The number of methoxy groups -OCH3 is 1. The van der Waals surface area contributed by atoms with Crippen molar-refractivity contribution in [3.8, 4) is 11.8 Å². The monoisotopic (exact) mass is 317 g/mol. The Balaban J connectivity index is 2.25. The number of rotatable bonds is 6. The molecule has 1 heterocycles. The van der Waals surface area contributed by atoms with Crippen LogP contribution in [0.2, 0.25) is 0 Å². The molecule has 0 aromatic heterocycles. The summed E-state index contributed by atoms with van der Waals surface area (Å²) < 4.78 is 21.3. The van der Waals surface area contributed by atoms with E-state index < -0.39 is 5.97 Å². The van der Waals surface area contributed by atoms with E-state index in [0.29, 0.717) is 17.9 Å². The highest BCUT2D eigenvalue weighted by molar-refractivity contribution is 6.16. The van der Waals surface area contributed by atoms with E-state index in [4.69, 9.17) is 24.2 Å². The minimum Gasteiger partial charge on any atom is -0.485 e. The average Bonchev–Trinajstić information content (AvgIpc) is 2.60. The number of ether oxygens (including phenoxy) is 4. The SMILES string of the molecule is COC(=O)C(=COCC#N)c1ccccc1OC1CCCCO1. The molecule has 1 saturated heterocycles. The smallest absolute Gasteiger partial charge is 0.341 e. The third kappa shape index (κ3) is 4.73. The van der Waals surface area contributed by atoms with Crippen molar-refractivity contribution in [2.75, 3.05) is 20.3 Å². The van der Waals surface area contributed by atoms with Crippen LogP contribution < -0.4 is 4.74 Å². The fourth-order valence-corrected chi connectivity index (χ4v) is 2.23. The summed E-state index contributed by atoms with van der Waals surface area (Å²) >= 11 is 0. The average molecular weight is 317 g/mol. The van der Waals surface area contributed by atoms with E-state index in [2.05, 4.69) is 0 Å². The van der Waals surface area contributed by atoms with Crippen LogP contribution in [0.3, 0.4) is 0 Å². The maximum absolute atomic E-state index is 12.0. The molecule has 0 N–H and O–H groups in total. The van der Waals surface area contributed by atoms with Gasteiger partial charge < -0.3 is 18.9 Å². The quantitative estimate of drug-likeness (QED) is 0.347. The lowest BCUT2D eigenvalue weighted by atomic mass is 10.1. The molecule has 1 aliphatic rings. The molecule has 1 atom stereocenters. The first-order valence-corrected chi connectivity index (χ1v) is 7.41. The van der Waals surface area contributed by atoms with Crippen LogP contribution in [0.4, 0.5) is 0 Å². The standard InChI is InChI=1S/C17H19NO5/c1-20-17(19)14(12-21-11-9-18)13-6-2-3-7-15(13)23-16-8-4-5-10-22-16/h2-3,6-7,12,16H,4-5,8,10-11H2,1H3. The van der Waals surface area contributed by atoms with Crippen molar-refractivity contribution in [3.63, 3.8) is 0 Å². The van der Waals surface area contributed by atoms with Gasteiger partial charge in [-0.1, -0.05) is 18.2 Å².